The zero-order valence-electron chi connectivity index (χ0n) is 13.2. The van der Waals surface area contributed by atoms with Crippen molar-refractivity contribution < 1.29 is 27.5 Å². The first kappa shape index (κ1) is 18.2. The molecule has 2 amide bonds. The maximum Gasteiger partial charge on any atom is 0.419 e. The standard InChI is InChI=1S/C15H18F3N3O3/c1-10(22)19-11-4-3-5-12(6-11)20-13(23)7-21-8-14(9-21,24-2)15(16,17)18/h3-6H,7-9H2,1-2H3,(H,19,22)(H,20,23). The summed E-state index contributed by atoms with van der Waals surface area (Å²) in [6.45, 7) is 0.419. The molecule has 1 aromatic rings. The summed E-state index contributed by atoms with van der Waals surface area (Å²) < 4.78 is 43.2. The summed E-state index contributed by atoms with van der Waals surface area (Å²) in [5.74, 6) is -0.691. The Labute approximate surface area is 137 Å². The lowest BCUT2D eigenvalue weighted by atomic mass is 9.93. The zero-order chi connectivity index (χ0) is 18.0. The van der Waals surface area contributed by atoms with Gasteiger partial charge in [0.15, 0.2) is 5.60 Å². The van der Waals surface area contributed by atoms with E-state index >= 15 is 0 Å². The molecule has 1 aromatic carbocycles. The molecule has 0 unspecified atom stereocenters. The number of methoxy groups -OCH3 is 1. The van der Waals surface area contributed by atoms with Gasteiger partial charge in [-0.25, -0.2) is 0 Å². The van der Waals surface area contributed by atoms with Crippen LogP contribution in [0.5, 0.6) is 0 Å². The topological polar surface area (TPSA) is 70.7 Å². The zero-order valence-corrected chi connectivity index (χ0v) is 13.2. The van der Waals surface area contributed by atoms with Gasteiger partial charge in [-0.2, -0.15) is 13.2 Å². The first-order chi connectivity index (χ1) is 11.1. The molecular formula is C15H18F3N3O3. The van der Waals surface area contributed by atoms with Crippen LogP contribution in [-0.4, -0.2) is 55.2 Å². The van der Waals surface area contributed by atoms with E-state index in [0.29, 0.717) is 11.4 Å². The van der Waals surface area contributed by atoms with Crippen LogP contribution in [0, 0.1) is 0 Å². The van der Waals surface area contributed by atoms with Gasteiger partial charge in [-0.1, -0.05) is 6.07 Å². The lowest BCUT2D eigenvalue weighted by Crippen LogP contribution is -2.70. The van der Waals surface area contributed by atoms with Gasteiger partial charge < -0.3 is 15.4 Å². The van der Waals surface area contributed by atoms with Crippen LogP contribution in [0.3, 0.4) is 0 Å². The van der Waals surface area contributed by atoms with E-state index in [1.54, 1.807) is 24.3 Å². The molecular weight excluding hydrogens is 327 g/mol. The molecule has 2 N–H and O–H groups in total. The fourth-order valence-corrected chi connectivity index (χ4v) is 2.49. The largest absolute Gasteiger partial charge is 0.419 e. The summed E-state index contributed by atoms with van der Waals surface area (Å²) in [5.41, 5.74) is -1.24. The second-order valence-corrected chi connectivity index (χ2v) is 5.65. The summed E-state index contributed by atoms with van der Waals surface area (Å²) >= 11 is 0. The maximum absolute atomic E-state index is 12.9. The van der Waals surface area contributed by atoms with Crippen molar-refractivity contribution in [3.8, 4) is 0 Å². The molecule has 2 rings (SSSR count). The van der Waals surface area contributed by atoms with Gasteiger partial charge in [-0.15, -0.1) is 0 Å². The van der Waals surface area contributed by atoms with Crippen molar-refractivity contribution in [3.63, 3.8) is 0 Å². The van der Waals surface area contributed by atoms with Crippen molar-refractivity contribution in [3.05, 3.63) is 24.3 Å². The van der Waals surface area contributed by atoms with Crippen LogP contribution in [0.25, 0.3) is 0 Å². The van der Waals surface area contributed by atoms with E-state index in [1.807, 2.05) is 0 Å². The lowest BCUT2D eigenvalue weighted by Gasteiger charge is -2.49. The summed E-state index contributed by atoms with van der Waals surface area (Å²) in [6, 6.07) is 6.48. The van der Waals surface area contributed by atoms with Crippen LogP contribution in [0.2, 0.25) is 0 Å². The predicted octanol–water partition coefficient (Wildman–Crippen LogP) is 1.85. The highest BCUT2D eigenvalue weighted by Crippen LogP contribution is 2.40. The summed E-state index contributed by atoms with van der Waals surface area (Å²) in [4.78, 5) is 24.3. The van der Waals surface area contributed by atoms with Crippen molar-refractivity contribution >= 4 is 23.2 Å². The molecule has 1 aliphatic heterocycles. The average Bonchev–Trinajstić information content (AvgIpc) is 2.40. The molecule has 1 heterocycles. The number of ether oxygens (including phenoxy) is 1. The number of anilines is 2. The monoisotopic (exact) mass is 345 g/mol. The molecule has 0 aliphatic carbocycles. The summed E-state index contributed by atoms with van der Waals surface area (Å²) in [5, 5.41) is 5.16. The second kappa shape index (κ2) is 6.78. The number of carbonyl (C=O) groups excluding carboxylic acids is 2. The average molecular weight is 345 g/mol. The number of nitrogens with one attached hydrogen (secondary N) is 2. The van der Waals surface area contributed by atoms with E-state index in [-0.39, 0.29) is 25.5 Å². The van der Waals surface area contributed by atoms with E-state index in [9.17, 15) is 22.8 Å². The van der Waals surface area contributed by atoms with E-state index in [0.717, 1.165) is 7.11 Å². The minimum Gasteiger partial charge on any atom is -0.366 e. The number of nitrogens with zero attached hydrogens (tertiary/aromatic N) is 1. The van der Waals surface area contributed by atoms with Gasteiger partial charge >= 0.3 is 6.18 Å². The number of carbonyl (C=O) groups is 2. The Morgan fingerprint density at radius 2 is 1.83 bits per heavy atom. The van der Waals surface area contributed by atoms with Crippen molar-refractivity contribution in [2.45, 2.75) is 18.7 Å². The van der Waals surface area contributed by atoms with Crippen molar-refractivity contribution in [2.75, 3.05) is 37.4 Å². The third kappa shape index (κ3) is 4.04. The fraction of sp³-hybridized carbons (Fsp3) is 0.467. The maximum atomic E-state index is 12.9. The highest BCUT2D eigenvalue weighted by atomic mass is 19.4. The fourth-order valence-electron chi connectivity index (χ4n) is 2.49. The molecule has 1 aliphatic rings. The van der Waals surface area contributed by atoms with Crippen LogP contribution >= 0.6 is 0 Å². The number of likely N-dealkylation sites (tertiary alicyclic amines) is 1. The highest BCUT2D eigenvalue weighted by molar-refractivity contribution is 5.94. The smallest absolute Gasteiger partial charge is 0.366 e. The van der Waals surface area contributed by atoms with Crippen LogP contribution < -0.4 is 10.6 Å². The molecule has 1 saturated heterocycles. The molecule has 24 heavy (non-hydrogen) atoms. The molecule has 0 saturated carbocycles. The molecule has 0 aromatic heterocycles. The van der Waals surface area contributed by atoms with Gasteiger partial charge in [-0.3, -0.25) is 14.5 Å². The van der Waals surface area contributed by atoms with E-state index in [4.69, 9.17) is 0 Å². The number of benzene rings is 1. The minimum atomic E-state index is -4.47. The molecule has 9 heteroatoms. The lowest BCUT2D eigenvalue weighted by molar-refractivity contribution is -0.309. The first-order valence-corrected chi connectivity index (χ1v) is 7.17. The Balaban J connectivity index is 1.88. The number of amides is 2. The summed E-state index contributed by atoms with van der Waals surface area (Å²) in [7, 11) is 1.01. The Kier molecular flexibility index (Phi) is 5.14. The van der Waals surface area contributed by atoms with Crippen molar-refractivity contribution in [1.29, 1.82) is 0 Å². The Bertz CT molecular complexity index is 628. The van der Waals surface area contributed by atoms with E-state index < -0.39 is 17.7 Å². The summed E-state index contributed by atoms with van der Waals surface area (Å²) in [6.07, 6.45) is -4.47. The van der Waals surface area contributed by atoms with Gasteiger partial charge in [0.1, 0.15) is 0 Å². The molecule has 0 bridgehead atoms. The predicted molar refractivity (Wildman–Crippen MR) is 81.6 cm³/mol. The van der Waals surface area contributed by atoms with Crippen LogP contribution in [0.4, 0.5) is 24.5 Å². The van der Waals surface area contributed by atoms with Gasteiger partial charge in [0.2, 0.25) is 11.8 Å². The number of alkyl halides is 3. The van der Waals surface area contributed by atoms with E-state index in [2.05, 4.69) is 15.4 Å². The molecule has 6 nitrogen and oxygen atoms in total. The SMILES string of the molecule is COC1(C(F)(F)F)CN(CC(=O)Nc2cccc(NC(C)=O)c2)C1. The Morgan fingerprint density at radius 3 is 2.33 bits per heavy atom. The number of hydrogen-bond acceptors (Lipinski definition) is 4. The van der Waals surface area contributed by atoms with Crippen LogP contribution in [0.15, 0.2) is 24.3 Å². The van der Waals surface area contributed by atoms with Crippen molar-refractivity contribution in [1.82, 2.24) is 4.90 Å². The third-order valence-electron chi connectivity index (χ3n) is 3.70. The number of hydrogen-bond donors (Lipinski definition) is 2. The quantitative estimate of drug-likeness (QED) is 0.854. The molecule has 1 fully saturated rings. The van der Waals surface area contributed by atoms with Gasteiger partial charge in [0, 0.05) is 38.5 Å². The van der Waals surface area contributed by atoms with Crippen molar-refractivity contribution in [2.24, 2.45) is 0 Å². The second-order valence-electron chi connectivity index (χ2n) is 5.65. The van der Waals surface area contributed by atoms with E-state index in [1.165, 1.54) is 11.8 Å². The minimum absolute atomic E-state index is 0.175. The van der Waals surface area contributed by atoms with Gasteiger partial charge in [-0.05, 0) is 18.2 Å². The Hall–Kier alpha value is -2.13. The van der Waals surface area contributed by atoms with Gasteiger partial charge in [0.25, 0.3) is 0 Å². The molecule has 0 spiro atoms. The molecule has 0 radical (unpaired) electrons. The van der Waals surface area contributed by atoms with Gasteiger partial charge in [0.05, 0.1) is 6.54 Å². The Morgan fingerprint density at radius 1 is 1.25 bits per heavy atom. The number of halogens is 3. The first-order valence-electron chi connectivity index (χ1n) is 7.17. The third-order valence-corrected chi connectivity index (χ3v) is 3.70. The van der Waals surface area contributed by atoms with Crippen LogP contribution in [0.1, 0.15) is 6.92 Å². The highest BCUT2D eigenvalue weighted by Gasteiger charge is 2.62. The van der Waals surface area contributed by atoms with Crippen LogP contribution in [-0.2, 0) is 14.3 Å². The number of rotatable bonds is 5. The molecule has 132 valence electrons. The molecule has 0 atom stereocenters. The normalized spacial score (nSPS) is 17.0.